The van der Waals surface area contributed by atoms with Crippen LogP contribution in [0, 0.1) is 5.92 Å². The first kappa shape index (κ1) is 21.6. The Morgan fingerprint density at radius 2 is 1.86 bits per heavy atom. The molecule has 0 unspecified atom stereocenters. The quantitative estimate of drug-likeness (QED) is 0.682. The topological polar surface area (TPSA) is 45.2 Å². The second kappa shape index (κ2) is 8.31. The predicted molar refractivity (Wildman–Crippen MR) is 96.4 cm³/mol. The first-order chi connectivity index (χ1) is 13.5. The summed E-state index contributed by atoms with van der Waals surface area (Å²) in [6.45, 7) is -0.649. The molecule has 4 nitrogen and oxygen atoms in total. The van der Waals surface area contributed by atoms with Crippen molar-refractivity contribution in [3.05, 3.63) is 35.2 Å². The lowest BCUT2D eigenvalue weighted by Gasteiger charge is -2.31. The summed E-state index contributed by atoms with van der Waals surface area (Å²) in [6.07, 6.45) is -8.14. The summed E-state index contributed by atoms with van der Waals surface area (Å²) >= 11 is 1.07. The smallest absolute Gasteiger partial charge is 0.302 e. The molecule has 3 rings (SSSR count). The van der Waals surface area contributed by atoms with E-state index in [1.165, 1.54) is 22.4 Å². The summed E-state index contributed by atoms with van der Waals surface area (Å²) in [4.78, 5) is 17.8. The summed E-state index contributed by atoms with van der Waals surface area (Å²) in [5, 5.41) is 4.39. The minimum atomic E-state index is -4.47. The first-order valence-electron chi connectivity index (χ1n) is 8.74. The monoisotopic (exact) mass is 437 g/mol. The van der Waals surface area contributed by atoms with Gasteiger partial charge in [0.15, 0.2) is 5.13 Å². The van der Waals surface area contributed by atoms with Crippen LogP contribution in [-0.2, 0) is 11.0 Å². The molecule has 1 fully saturated rings. The van der Waals surface area contributed by atoms with Gasteiger partial charge in [-0.3, -0.25) is 9.69 Å². The average molecular weight is 437 g/mol. The number of benzene rings is 1. The third-order valence-electron chi connectivity index (χ3n) is 4.58. The Morgan fingerprint density at radius 3 is 2.48 bits per heavy atom. The number of halogens is 6. The Bertz CT molecular complexity index is 856. The number of thiazole rings is 1. The van der Waals surface area contributed by atoms with Crippen LogP contribution < -0.4 is 5.32 Å². The molecular weight excluding hydrogens is 420 g/mol. The van der Waals surface area contributed by atoms with Gasteiger partial charge < -0.3 is 5.32 Å². The van der Waals surface area contributed by atoms with Gasteiger partial charge in [0.25, 0.3) is 0 Å². The van der Waals surface area contributed by atoms with Gasteiger partial charge in [-0.25, -0.2) is 4.98 Å². The lowest BCUT2D eigenvalue weighted by Crippen LogP contribution is -2.42. The molecule has 0 atom stereocenters. The van der Waals surface area contributed by atoms with Crippen molar-refractivity contribution in [2.24, 2.45) is 5.92 Å². The van der Waals surface area contributed by atoms with E-state index in [4.69, 9.17) is 0 Å². The molecule has 0 radical (unpaired) electrons. The van der Waals surface area contributed by atoms with E-state index < -0.39 is 30.4 Å². The molecular formula is C18H17F6N3OS. The van der Waals surface area contributed by atoms with Crippen molar-refractivity contribution in [3.8, 4) is 11.3 Å². The van der Waals surface area contributed by atoms with Crippen molar-refractivity contribution < 1.29 is 31.1 Å². The molecule has 1 aliphatic rings. The van der Waals surface area contributed by atoms with Crippen molar-refractivity contribution in [2.75, 3.05) is 25.0 Å². The molecule has 1 amide bonds. The van der Waals surface area contributed by atoms with Crippen molar-refractivity contribution >= 4 is 22.4 Å². The fourth-order valence-electron chi connectivity index (χ4n) is 3.13. The van der Waals surface area contributed by atoms with E-state index >= 15 is 0 Å². The number of aromatic nitrogens is 1. The Kier molecular flexibility index (Phi) is 6.18. The summed E-state index contributed by atoms with van der Waals surface area (Å²) in [5.41, 5.74) is -0.215. The molecule has 1 aromatic heterocycles. The summed E-state index contributed by atoms with van der Waals surface area (Å²) < 4.78 is 75.8. The Hall–Kier alpha value is -2.14. The molecule has 158 valence electrons. The SMILES string of the molecule is O=C(Nc1nc(-c2cccc(C(F)(F)F)c2)cs1)C1CCN(CC(F)(F)F)CC1. The maximum atomic E-state index is 12.8. The molecule has 29 heavy (non-hydrogen) atoms. The number of piperidine rings is 1. The number of nitrogens with one attached hydrogen (secondary N) is 1. The van der Waals surface area contributed by atoms with E-state index in [1.54, 1.807) is 0 Å². The van der Waals surface area contributed by atoms with Gasteiger partial charge in [0.05, 0.1) is 17.8 Å². The van der Waals surface area contributed by atoms with Gasteiger partial charge in [0.1, 0.15) is 0 Å². The highest BCUT2D eigenvalue weighted by Crippen LogP contribution is 2.33. The van der Waals surface area contributed by atoms with E-state index in [0.29, 0.717) is 18.5 Å². The number of hydrogen-bond donors (Lipinski definition) is 1. The summed E-state index contributed by atoms with van der Waals surface area (Å²) in [5.74, 6) is -0.776. The van der Waals surface area contributed by atoms with Crippen molar-refractivity contribution in [1.82, 2.24) is 9.88 Å². The van der Waals surface area contributed by atoms with E-state index in [2.05, 4.69) is 10.3 Å². The first-order valence-corrected chi connectivity index (χ1v) is 9.62. The van der Waals surface area contributed by atoms with Crippen LogP contribution in [0.15, 0.2) is 29.6 Å². The van der Waals surface area contributed by atoms with Crippen LogP contribution in [0.1, 0.15) is 18.4 Å². The number of nitrogens with zero attached hydrogens (tertiary/aromatic N) is 2. The number of likely N-dealkylation sites (tertiary alicyclic amines) is 1. The number of alkyl halides is 6. The normalized spacial score (nSPS) is 16.8. The van der Waals surface area contributed by atoms with Gasteiger partial charge in [-0.15, -0.1) is 11.3 Å². The highest BCUT2D eigenvalue weighted by Gasteiger charge is 2.34. The van der Waals surface area contributed by atoms with Crippen LogP contribution >= 0.6 is 11.3 Å². The maximum Gasteiger partial charge on any atom is 0.416 e. The number of carbonyl (C=O) groups is 1. The van der Waals surface area contributed by atoms with Crippen molar-refractivity contribution in [2.45, 2.75) is 25.2 Å². The second-order valence-corrected chi connectivity index (χ2v) is 7.63. The molecule has 0 aliphatic carbocycles. The Balaban J connectivity index is 1.59. The lowest BCUT2D eigenvalue weighted by atomic mass is 9.96. The van der Waals surface area contributed by atoms with Crippen LogP contribution in [0.2, 0.25) is 0 Å². The van der Waals surface area contributed by atoms with Crippen LogP contribution in [0.3, 0.4) is 0 Å². The molecule has 0 spiro atoms. The molecule has 0 saturated carbocycles. The summed E-state index contributed by atoms with van der Waals surface area (Å²) in [6, 6.07) is 4.72. The Morgan fingerprint density at radius 1 is 1.17 bits per heavy atom. The van der Waals surface area contributed by atoms with Gasteiger partial charge >= 0.3 is 12.4 Å². The molecule has 11 heteroatoms. The standard InChI is InChI=1S/C18H17F6N3OS/c19-17(20,21)10-27-6-4-11(5-7-27)15(28)26-16-25-14(9-29-16)12-2-1-3-13(8-12)18(22,23)24/h1-3,8-9,11H,4-7,10H2,(H,25,26,28). The highest BCUT2D eigenvalue weighted by molar-refractivity contribution is 7.14. The zero-order valence-electron chi connectivity index (χ0n) is 15.0. The fourth-order valence-corrected chi connectivity index (χ4v) is 3.86. The van der Waals surface area contributed by atoms with E-state index in [-0.39, 0.29) is 29.7 Å². The minimum absolute atomic E-state index is 0.172. The van der Waals surface area contributed by atoms with Gasteiger partial charge in [-0.05, 0) is 38.1 Å². The number of carbonyl (C=O) groups excluding carboxylic acids is 1. The number of amides is 1. The Labute approximate surface area is 166 Å². The zero-order valence-corrected chi connectivity index (χ0v) is 15.8. The number of hydrogen-bond acceptors (Lipinski definition) is 4. The predicted octanol–water partition coefficient (Wildman–Crippen LogP) is 5.04. The number of anilines is 1. The zero-order chi connectivity index (χ0) is 21.2. The van der Waals surface area contributed by atoms with E-state index in [9.17, 15) is 31.1 Å². The van der Waals surface area contributed by atoms with Crippen molar-refractivity contribution in [1.29, 1.82) is 0 Å². The average Bonchev–Trinajstić information content (AvgIpc) is 3.09. The van der Waals surface area contributed by atoms with Crippen LogP contribution in [0.4, 0.5) is 31.5 Å². The van der Waals surface area contributed by atoms with Crippen LogP contribution in [0.5, 0.6) is 0 Å². The van der Waals surface area contributed by atoms with Gasteiger partial charge in [-0.2, -0.15) is 26.3 Å². The lowest BCUT2D eigenvalue weighted by molar-refractivity contribution is -0.149. The molecule has 0 bridgehead atoms. The fraction of sp³-hybridized carbons (Fsp3) is 0.444. The molecule has 1 N–H and O–H groups in total. The largest absolute Gasteiger partial charge is 0.416 e. The third kappa shape index (κ3) is 5.92. The third-order valence-corrected chi connectivity index (χ3v) is 5.34. The molecule has 1 aliphatic heterocycles. The van der Waals surface area contributed by atoms with Crippen LogP contribution in [-0.4, -0.2) is 41.6 Å². The van der Waals surface area contributed by atoms with E-state index in [0.717, 1.165) is 23.5 Å². The minimum Gasteiger partial charge on any atom is -0.302 e. The van der Waals surface area contributed by atoms with E-state index in [1.807, 2.05) is 0 Å². The summed E-state index contributed by atoms with van der Waals surface area (Å²) in [7, 11) is 0. The highest BCUT2D eigenvalue weighted by atomic mass is 32.1. The molecule has 1 saturated heterocycles. The second-order valence-electron chi connectivity index (χ2n) is 6.77. The maximum absolute atomic E-state index is 12.8. The number of rotatable bonds is 4. The van der Waals surface area contributed by atoms with Gasteiger partial charge in [0.2, 0.25) is 5.91 Å². The molecule has 2 heterocycles. The van der Waals surface area contributed by atoms with Crippen LogP contribution in [0.25, 0.3) is 11.3 Å². The van der Waals surface area contributed by atoms with Gasteiger partial charge in [-0.1, -0.05) is 12.1 Å². The van der Waals surface area contributed by atoms with Crippen molar-refractivity contribution in [3.63, 3.8) is 0 Å². The molecule has 2 aromatic rings. The molecule has 1 aromatic carbocycles. The van der Waals surface area contributed by atoms with Gasteiger partial charge in [0, 0.05) is 16.9 Å².